The second-order valence-electron chi connectivity index (χ2n) is 5.91. The number of hydrogen-bond donors (Lipinski definition) is 1. The molecule has 24 heavy (non-hydrogen) atoms. The average Bonchev–Trinajstić information content (AvgIpc) is 2.93. The summed E-state index contributed by atoms with van der Waals surface area (Å²) < 4.78 is 28.1. The predicted octanol–water partition coefficient (Wildman–Crippen LogP) is -0.529. The zero-order chi connectivity index (χ0) is 17.2. The largest absolute Gasteiger partial charge is 0.378 e. The van der Waals surface area contributed by atoms with Gasteiger partial charge in [-0.15, -0.1) is 0 Å². The van der Waals surface area contributed by atoms with E-state index in [9.17, 15) is 18.0 Å². The average molecular weight is 353 g/mol. The van der Waals surface area contributed by atoms with Crippen LogP contribution in [0.5, 0.6) is 0 Å². The molecule has 1 aromatic heterocycles. The van der Waals surface area contributed by atoms with E-state index in [4.69, 9.17) is 4.74 Å². The molecule has 1 atom stereocenters. The van der Waals surface area contributed by atoms with Crippen LogP contribution in [0, 0.1) is 0 Å². The molecule has 130 valence electrons. The number of pyridine rings is 1. The number of carbonyl (C=O) groups is 2. The van der Waals surface area contributed by atoms with Gasteiger partial charge in [0.05, 0.1) is 24.7 Å². The number of hydrogen-bond acceptors (Lipinski definition) is 6. The third kappa shape index (κ3) is 3.90. The van der Waals surface area contributed by atoms with Crippen molar-refractivity contribution >= 4 is 21.7 Å². The van der Waals surface area contributed by atoms with E-state index in [0.29, 0.717) is 38.3 Å². The van der Waals surface area contributed by atoms with Gasteiger partial charge in [0.2, 0.25) is 0 Å². The lowest BCUT2D eigenvalue weighted by atomic mass is 10.1. The van der Waals surface area contributed by atoms with E-state index in [1.54, 1.807) is 4.90 Å². The number of carbonyl (C=O) groups excluding carboxylic acids is 2. The number of amides is 2. The number of aromatic nitrogens is 1. The first-order valence-electron chi connectivity index (χ1n) is 7.79. The molecule has 0 aliphatic carbocycles. The summed E-state index contributed by atoms with van der Waals surface area (Å²) in [5.74, 6) is -0.578. The molecule has 1 unspecified atom stereocenters. The van der Waals surface area contributed by atoms with E-state index in [2.05, 4.69) is 10.3 Å². The third-order valence-corrected chi connectivity index (χ3v) is 5.88. The first-order chi connectivity index (χ1) is 11.4. The number of morpholine rings is 1. The van der Waals surface area contributed by atoms with Crippen molar-refractivity contribution in [2.45, 2.75) is 12.5 Å². The van der Waals surface area contributed by atoms with Crippen LogP contribution < -0.4 is 5.32 Å². The summed E-state index contributed by atoms with van der Waals surface area (Å²) in [7, 11) is -3.06. The standard InChI is InChI=1S/C15H19N3O5S/c19-14(17-12-2-8-24(21,22)10-12)11-1-3-16-13(9-11)15(20)18-4-6-23-7-5-18/h1,3,9,12H,2,4-8,10H2,(H,17,19). The van der Waals surface area contributed by atoms with E-state index in [1.807, 2.05) is 0 Å². The fraction of sp³-hybridized carbons (Fsp3) is 0.533. The van der Waals surface area contributed by atoms with Crippen molar-refractivity contribution in [1.82, 2.24) is 15.2 Å². The summed E-state index contributed by atoms with van der Waals surface area (Å²) >= 11 is 0. The number of ether oxygens (including phenoxy) is 1. The molecule has 2 saturated heterocycles. The molecule has 1 aromatic rings. The molecule has 0 aromatic carbocycles. The van der Waals surface area contributed by atoms with Gasteiger partial charge < -0.3 is 15.0 Å². The Hall–Kier alpha value is -2.00. The lowest BCUT2D eigenvalue weighted by molar-refractivity contribution is 0.0299. The van der Waals surface area contributed by atoms with Crippen LogP contribution in [0.25, 0.3) is 0 Å². The molecular weight excluding hydrogens is 334 g/mol. The van der Waals surface area contributed by atoms with Gasteiger partial charge in [-0.25, -0.2) is 8.42 Å². The zero-order valence-corrected chi connectivity index (χ0v) is 13.9. The molecule has 1 N–H and O–H groups in total. The fourth-order valence-corrected chi connectivity index (χ4v) is 4.47. The summed E-state index contributed by atoms with van der Waals surface area (Å²) in [6.07, 6.45) is 1.83. The minimum Gasteiger partial charge on any atom is -0.378 e. The highest BCUT2D eigenvalue weighted by atomic mass is 32.2. The second kappa shape index (κ2) is 6.86. The van der Waals surface area contributed by atoms with E-state index >= 15 is 0 Å². The third-order valence-electron chi connectivity index (χ3n) is 4.11. The molecule has 2 aliphatic heterocycles. The number of nitrogens with one attached hydrogen (secondary N) is 1. The van der Waals surface area contributed by atoms with Crippen molar-refractivity contribution in [3.05, 3.63) is 29.6 Å². The maximum Gasteiger partial charge on any atom is 0.272 e. The molecule has 0 bridgehead atoms. The van der Waals surface area contributed by atoms with Gasteiger partial charge in [-0.3, -0.25) is 14.6 Å². The Bertz CT molecular complexity index is 743. The summed E-state index contributed by atoms with van der Waals surface area (Å²) in [6, 6.07) is 2.57. The van der Waals surface area contributed by atoms with Crippen LogP contribution in [-0.2, 0) is 14.6 Å². The molecule has 2 amide bonds. The van der Waals surface area contributed by atoms with Crippen LogP contribution in [0.1, 0.15) is 27.3 Å². The molecule has 0 radical (unpaired) electrons. The van der Waals surface area contributed by atoms with Crippen LogP contribution in [-0.4, -0.2) is 74.0 Å². The van der Waals surface area contributed by atoms with Crippen molar-refractivity contribution in [2.24, 2.45) is 0 Å². The summed E-state index contributed by atoms with van der Waals surface area (Å²) in [5, 5.41) is 2.71. The van der Waals surface area contributed by atoms with Crippen LogP contribution in [0.3, 0.4) is 0 Å². The van der Waals surface area contributed by atoms with Gasteiger partial charge in [0.15, 0.2) is 9.84 Å². The summed E-state index contributed by atoms with van der Waals surface area (Å²) in [4.78, 5) is 30.4. The van der Waals surface area contributed by atoms with Gasteiger partial charge >= 0.3 is 0 Å². The first-order valence-corrected chi connectivity index (χ1v) is 9.61. The predicted molar refractivity (Wildman–Crippen MR) is 85.5 cm³/mol. The van der Waals surface area contributed by atoms with E-state index in [1.165, 1.54) is 18.3 Å². The lowest BCUT2D eigenvalue weighted by Crippen LogP contribution is -2.41. The highest BCUT2D eigenvalue weighted by molar-refractivity contribution is 7.91. The smallest absolute Gasteiger partial charge is 0.272 e. The topological polar surface area (TPSA) is 106 Å². The van der Waals surface area contributed by atoms with Crippen LogP contribution in [0.4, 0.5) is 0 Å². The van der Waals surface area contributed by atoms with Crippen molar-refractivity contribution in [2.75, 3.05) is 37.8 Å². The van der Waals surface area contributed by atoms with Crippen LogP contribution in [0.2, 0.25) is 0 Å². The number of sulfone groups is 1. The van der Waals surface area contributed by atoms with Crippen molar-refractivity contribution < 1.29 is 22.7 Å². The molecular formula is C15H19N3O5S. The summed E-state index contributed by atoms with van der Waals surface area (Å²) in [5.41, 5.74) is 0.495. The SMILES string of the molecule is O=C(NC1CCS(=O)(=O)C1)c1ccnc(C(=O)N2CCOCC2)c1. The van der Waals surface area contributed by atoms with Crippen molar-refractivity contribution in [3.8, 4) is 0 Å². The van der Waals surface area contributed by atoms with Gasteiger partial charge in [0.1, 0.15) is 5.69 Å². The Balaban J connectivity index is 1.68. The monoisotopic (exact) mass is 353 g/mol. The fourth-order valence-electron chi connectivity index (χ4n) is 2.79. The lowest BCUT2D eigenvalue weighted by Gasteiger charge is -2.26. The zero-order valence-electron chi connectivity index (χ0n) is 13.1. The molecule has 3 heterocycles. The molecule has 2 aliphatic rings. The van der Waals surface area contributed by atoms with Crippen molar-refractivity contribution in [1.29, 1.82) is 0 Å². The summed E-state index contributed by atoms with van der Waals surface area (Å²) in [6.45, 7) is 1.97. The van der Waals surface area contributed by atoms with E-state index < -0.39 is 15.7 Å². The maximum absolute atomic E-state index is 12.4. The Morgan fingerprint density at radius 2 is 2.04 bits per heavy atom. The molecule has 2 fully saturated rings. The Morgan fingerprint density at radius 1 is 1.29 bits per heavy atom. The van der Waals surface area contributed by atoms with Gasteiger partial charge in [-0.2, -0.15) is 0 Å². The quantitative estimate of drug-likeness (QED) is 0.783. The molecule has 9 heteroatoms. The maximum atomic E-state index is 12.4. The van der Waals surface area contributed by atoms with Gasteiger partial charge in [-0.1, -0.05) is 0 Å². The molecule has 8 nitrogen and oxygen atoms in total. The first kappa shape index (κ1) is 16.8. The second-order valence-corrected chi connectivity index (χ2v) is 8.14. The molecule has 0 saturated carbocycles. The highest BCUT2D eigenvalue weighted by Crippen LogP contribution is 2.13. The minimum absolute atomic E-state index is 0.0383. The Morgan fingerprint density at radius 3 is 2.71 bits per heavy atom. The molecule has 0 spiro atoms. The van der Waals surface area contributed by atoms with Gasteiger partial charge in [0.25, 0.3) is 11.8 Å². The van der Waals surface area contributed by atoms with Crippen LogP contribution >= 0.6 is 0 Å². The van der Waals surface area contributed by atoms with Crippen molar-refractivity contribution in [3.63, 3.8) is 0 Å². The molecule has 3 rings (SSSR count). The number of rotatable bonds is 3. The van der Waals surface area contributed by atoms with Gasteiger partial charge in [-0.05, 0) is 18.6 Å². The Labute approximate surface area is 140 Å². The highest BCUT2D eigenvalue weighted by Gasteiger charge is 2.29. The van der Waals surface area contributed by atoms with E-state index in [-0.39, 0.29) is 29.1 Å². The minimum atomic E-state index is -3.06. The Kier molecular flexibility index (Phi) is 4.81. The van der Waals surface area contributed by atoms with E-state index in [0.717, 1.165) is 0 Å². The normalized spacial score (nSPS) is 23.0. The van der Waals surface area contributed by atoms with Gasteiger partial charge in [0, 0.05) is 30.9 Å². The van der Waals surface area contributed by atoms with Crippen LogP contribution in [0.15, 0.2) is 18.3 Å². The number of nitrogens with zero attached hydrogens (tertiary/aromatic N) is 2.